The molecule has 2 rings (SSSR count). The summed E-state index contributed by atoms with van der Waals surface area (Å²) in [7, 11) is 0. The molecule has 0 saturated carbocycles. The van der Waals surface area contributed by atoms with Crippen LogP contribution in [0.3, 0.4) is 0 Å². The van der Waals surface area contributed by atoms with Crippen LogP contribution < -0.4 is 5.43 Å². The molecule has 2 aromatic rings. The maximum atomic E-state index is 12.1. The van der Waals surface area contributed by atoms with Crippen molar-refractivity contribution in [2.75, 3.05) is 0 Å². The summed E-state index contributed by atoms with van der Waals surface area (Å²) >= 11 is 3.40. The first-order valence-electron chi connectivity index (χ1n) is 7.94. The summed E-state index contributed by atoms with van der Waals surface area (Å²) in [6.45, 7) is 8.40. The Morgan fingerprint density at radius 2 is 1.62 bits per heavy atom. The van der Waals surface area contributed by atoms with Crippen molar-refractivity contribution in [1.82, 2.24) is 5.43 Å². The van der Waals surface area contributed by atoms with Crippen LogP contribution in [-0.4, -0.2) is 11.6 Å². The molecule has 3 nitrogen and oxygen atoms in total. The molecule has 0 bridgehead atoms. The summed E-state index contributed by atoms with van der Waals surface area (Å²) in [4.78, 5) is 12.1. The summed E-state index contributed by atoms with van der Waals surface area (Å²) in [6, 6.07) is 16.0. The first-order valence-corrected chi connectivity index (χ1v) is 8.73. The third-order valence-electron chi connectivity index (χ3n) is 3.79. The fraction of sp³-hybridized carbons (Fsp3) is 0.300. The van der Waals surface area contributed by atoms with Gasteiger partial charge in [-0.15, -0.1) is 0 Å². The van der Waals surface area contributed by atoms with Crippen molar-refractivity contribution in [2.45, 2.75) is 39.5 Å². The molecular weight excluding hydrogens is 364 g/mol. The van der Waals surface area contributed by atoms with Crippen LogP contribution in [0.15, 0.2) is 58.1 Å². The lowest BCUT2D eigenvalue weighted by Gasteiger charge is -2.19. The molecule has 0 spiro atoms. The second-order valence-electron chi connectivity index (χ2n) is 6.86. The highest BCUT2D eigenvalue weighted by molar-refractivity contribution is 9.10. The molecule has 0 radical (unpaired) electrons. The first kappa shape index (κ1) is 18.4. The molecule has 0 unspecified atom stereocenters. The Hall–Kier alpha value is -1.94. The lowest BCUT2D eigenvalue weighted by atomic mass is 9.86. The summed E-state index contributed by atoms with van der Waals surface area (Å²) in [6.07, 6.45) is 0.321. The van der Waals surface area contributed by atoms with Gasteiger partial charge in [0.2, 0.25) is 5.91 Å². The van der Waals surface area contributed by atoms with Crippen LogP contribution in [0.5, 0.6) is 0 Å². The van der Waals surface area contributed by atoms with Gasteiger partial charge < -0.3 is 0 Å². The van der Waals surface area contributed by atoms with Crippen molar-refractivity contribution < 1.29 is 4.79 Å². The number of carbonyl (C=O) groups is 1. The van der Waals surface area contributed by atoms with Gasteiger partial charge in [-0.2, -0.15) is 5.10 Å². The monoisotopic (exact) mass is 386 g/mol. The fourth-order valence-corrected chi connectivity index (χ4v) is 2.51. The minimum Gasteiger partial charge on any atom is -0.273 e. The number of amides is 1. The van der Waals surface area contributed by atoms with Crippen LogP contribution in [-0.2, 0) is 16.6 Å². The number of nitrogens with zero attached hydrogens (tertiary/aromatic N) is 1. The zero-order valence-corrected chi connectivity index (χ0v) is 16.1. The molecule has 126 valence electrons. The second-order valence-corrected chi connectivity index (χ2v) is 7.78. The van der Waals surface area contributed by atoms with Gasteiger partial charge in [0.25, 0.3) is 0 Å². The van der Waals surface area contributed by atoms with Crippen molar-refractivity contribution in [3.63, 3.8) is 0 Å². The molecule has 0 aliphatic rings. The van der Waals surface area contributed by atoms with E-state index in [1.807, 2.05) is 43.3 Å². The summed E-state index contributed by atoms with van der Waals surface area (Å²) in [5, 5.41) is 4.18. The van der Waals surface area contributed by atoms with E-state index in [4.69, 9.17) is 0 Å². The Balaban J connectivity index is 1.95. The molecule has 0 saturated heterocycles. The smallest absolute Gasteiger partial charge is 0.244 e. The Bertz CT molecular complexity index is 726. The van der Waals surface area contributed by atoms with Gasteiger partial charge in [-0.1, -0.05) is 73.1 Å². The summed E-state index contributed by atoms with van der Waals surface area (Å²) in [5.41, 5.74) is 6.74. The van der Waals surface area contributed by atoms with Gasteiger partial charge in [-0.25, -0.2) is 5.43 Å². The third-order valence-corrected chi connectivity index (χ3v) is 4.32. The van der Waals surface area contributed by atoms with Gasteiger partial charge in [-0.3, -0.25) is 4.79 Å². The molecule has 0 aliphatic carbocycles. The Morgan fingerprint density at radius 3 is 2.17 bits per heavy atom. The lowest BCUT2D eigenvalue weighted by Crippen LogP contribution is -2.21. The first-order chi connectivity index (χ1) is 11.3. The van der Waals surface area contributed by atoms with Gasteiger partial charge in [0.1, 0.15) is 0 Å². The van der Waals surface area contributed by atoms with Crippen molar-refractivity contribution in [2.24, 2.45) is 5.10 Å². The maximum Gasteiger partial charge on any atom is 0.244 e. The number of halogens is 1. The minimum atomic E-state index is -0.116. The van der Waals surface area contributed by atoms with E-state index >= 15 is 0 Å². The van der Waals surface area contributed by atoms with Crippen molar-refractivity contribution in [3.05, 3.63) is 69.7 Å². The molecule has 24 heavy (non-hydrogen) atoms. The molecule has 1 amide bonds. The quantitative estimate of drug-likeness (QED) is 0.593. The number of hydrazone groups is 1. The van der Waals surface area contributed by atoms with Crippen LogP contribution >= 0.6 is 15.9 Å². The lowest BCUT2D eigenvalue weighted by molar-refractivity contribution is -0.120. The zero-order valence-electron chi connectivity index (χ0n) is 14.6. The molecule has 0 aliphatic heterocycles. The van der Waals surface area contributed by atoms with Crippen LogP contribution in [0.1, 0.15) is 44.4 Å². The highest BCUT2D eigenvalue weighted by atomic mass is 79.9. The largest absolute Gasteiger partial charge is 0.273 e. The molecular formula is C20H23BrN2O. The van der Waals surface area contributed by atoms with Gasteiger partial charge in [0.15, 0.2) is 0 Å². The number of benzene rings is 2. The van der Waals surface area contributed by atoms with Crippen LogP contribution in [0, 0.1) is 0 Å². The van der Waals surface area contributed by atoms with Crippen LogP contribution in [0.25, 0.3) is 0 Å². The van der Waals surface area contributed by atoms with E-state index in [0.717, 1.165) is 21.3 Å². The molecule has 0 atom stereocenters. The predicted octanol–water partition coefficient (Wildman–Crippen LogP) is 4.83. The third kappa shape index (κ3) is 5.31. The second kappa shape index (κ2) is 7.75. The average Bonchev–Trinajstić information content (AvgIpc) is 2.53. The molecule has 4 heteroatoms. The fourth-order valence-electron chi connectivity index (χ4n) is 2.25. The van der Waals surface area contributed by atoms with Crippen molar-refractivity contribution in [3.8, 4) is 0 Å². The van der Waals surface area contributed by atoms with Gasteiger partial charge in [-0.05, 0) is 41.2 Å². The summed E-state index contributed by atoms with van der Waals surface area (Å²) in [5.74, 6) is -0.116. The van der Waals surface area contributed by atoms with E-state index < -0.39 is 0 Å². The van der Waals surface area contributed by atoms with E-state index in [1.54, 1.807) is 0 Å². The number of carbonyl (C=O) groups excluding carboxylic acids is 1. The molecule has 1 N–H and O–H groups in total. The Morgan fingerprint density at radius 1 is 1.04 bits per heavy atom. The molecule has 0 fully saturated rings. The normalized spacial score (nSPS) is 12.1. The standard InChI is InChI=1S/C20H23BrN2O/c1-14(16-7-11-18(21)12-8-16)22-23-19(24)13-15-5-9-17(10-6-15)20(2,3)4/h5-12H,13H2,1-4H3,(H,23,24). The van der Waals surface area contributed by atoms with Crippen LogP contribution in [0.2, 0.25) is 0 Å². The Kier molecular flexibility index (Phi) is 5.94. The highest BCUT2D eigenvalue weighted by Gasteiger charge is 2.13. The van der Waals surface area contributed by atoms with Gasteiger partial charge in [0.05, 0.1) is 12.1 Å². The van der Waals surface area contributed by atoms with Crippen molar-refractivity contribution in [1.29, 1.82) is 0 Å². The maximum absolute atomic E-state index is 12.1. The summed E-state index contributed by atoms with van der Waals surface area (Å²) < 4.78 is 1.02. The molecule has 0 heterocycles. The van der Waals surface area contributed by atoms with E-state index in [9.17, 15) is 4.79 Å². The molecule has 0 aromatic heterocycles. The van der Waals surface area contributed by atoms with E-state index in [0.29, 0.717) is 6.42 Å². The zero-order chi connectivity index (χ0) is 17.7. The Labute approximate surface area is 152 Å². The number of hydrogen-bond acceptors (Lipinski definition) is 2. The number of hydrogen-bond donors (Lipinski definition) is 1. The topological polar surface area (TPSA) is 41.5 Å². The molecule has 2 aromatic carbocycles. The van der Waals surface area contributed by atoms with Crippen LogP contribution in [0.4, 0.5) is 0 Å². The minimum absolute atomic E-state index is 0.116. The highest BCUT2D eigenvalue weighted by Crippen LogP contribution is 2.22. The number of nitrogens with one attached hydrogen (secondary N) is 1. The van der Waals surface area contributed by atoms with E-state index in [-0.39, 0.29) is 11.3 Å². The SMILES string of the molecule is CC(=NNC(=O)Cc1ccc(C(C)(C)C)cc1)c1ccc(Br)cc1. The van der Waals surface area contributed by atoms with E-state index in [1.165, 1.54) is 5.56 Å². The van der Waals surface area contributed by atoms with Gasteiger partial charge in [0, 0.05) is 4.47 Å². The van der Waals surface area contributed by atoms with Crippen molar-refractivity contribution >= 4 is 27.5 Å². The van der Waals surface area contributed by atoms with Gasteiger partial charge >= 0.3 is 0 Å². The average molecular weight is 387 g/mol. The predicted molar refractivity (Wildman–Crippen MR) is 103 cm³/mol. The van der Waals surface area contributed by atoms with E-state index in [2.05, 4.69) is 59.4 Å². The number of rotatable bonds is 4.